The van der Waals surface area contributed by atoms with Crippen LogP contribution in [0.3, 0.4) is 0 Å². The average Bonchev–Trinajstić information content (AvgIpc) is 2.57. The highest BCUT2D eigenvalue weighted by molar-refractivity contribution is 5.94. The lowest BCUT2D eigenvalue weighted by Crippen LogP contribution is -2.19. The lowest BCUT2D eigenvalue weighted by molar-refractivity contribution is -0.119. The first-order chi connectivity index (χ1) is 11.1. The Hall–Kier alpha value is -3.15. The van der Waals surface area contributed by atoms with Crippen LogP contribution in [0.4, 0.5) is 11.5 Å². The maximum absolute atomic E-state index is 10.7. The van der Waals surface area contributed by atoms with Gasteiger partial charge in [0.05, 0.1) is 5.69 Å². The third kappa shape index (κ3) is 3.37. The summed E-state index contributed by atoms with van der Waals surface area (Å²) >= 11 is 0. The summed E-state index contributed by atoms with van der Waals surface area (Å²) < 4.78 is 5.23. The fraction of sp³-hybridized carbons (Fsp3) is 0.118. The smallest absolute Gasteiger partial charge is 0.255 e. The fourth-order valence-corrected chi connectivity index (χ4v) is 2.26. The molecule has 0 atom stereocenters. The Kier molecular flexibility index (Phi) is 4.05. The van der Waals surface area contributed by atoms with Crippen molar-refractivity contribution in [2.24, 2.45) is 5.73 Å². The van der Waals surface area contributed by atoms with Crippen molar-refractivity contribution < 1.29 is 9.53 Å². The first kappa shape index (κ1) is 14.8. The van der Waals surface area contributed by atoms with Gasteiger partial charge >= 0.3 is 0 Å². The number of hydrogen-bond acceptors (Lipinski definition) is 5. The maximum atomic E-state index is 10.7. The van der Waals surface area contributed by atoms with E-state index in [0.717, 1.165) is 22.2 Å². The Labute approximate surface area is 133 Å². The number of rotatable bonds is 5. The number of fused-ring (bicyclic) bond motifs is 1. The topological polar surface area (TPSA) is 90.1 Å². The largest absolute Gasteiger partial charge is 0.484 e. The first-order valence-electron chi connectivity index (χ1n) is 7.14. The van der Waals surface area contributed by atoms with Gasteiger partial charge in [-0.1, -0.05) is 24.3 Å². The van der Waals surface area contributed by atoms with Crippen molar-refractivity contribution in [1.29, 1.82) is 0 Å². The molecule has 3 rings (SSSR count). The van der Waals surface area contributed by atoms with Crippen LogP contribution in [0.15, 0.2) is 48.5 Å². The molecule has 1 amide bonds. The molecule has 6 nitrogen and oxygen atoms in total. The minimum absolute atomic E-state index is 0.138. The van der Waals surface area contributed by atoms with Crippen molar-refractivity contribution in [3.8, 4) is 5.75 Å². The number of carbonyl (C=O) groups is 1. The number of aromatic nitrogens is 2. The molecule has 1 heterocycles. The highest BCUT2D eigenvalue weighted by Crippen LogP contribution is 2.26. The van der Waals surface area contributed by atoms with Crippen molar-refractivity contribution >= 4 is 28.2 Å². The molecular weight excluding hydrogens is 292 g/mol. The van der Waals surface area contributed by atoms with E-state index in [0.29, 0.717) is 11.6 Å². The second-order valence-corrected chi connectivity index (χ2v) is 5.08. The number of hydrogen-bond donors (Lipinski definition) is 2. The molecule has 0 fully saturated rings. The predicted molar refractivity (Wildman–Crippen MR) is 88.7 cm³/mol. The molecule has 6 heteroatoms. The second kappa shape index (κ2) is 6.31. The van der Waals surface area contributed by atoms with Crippen LogP contribution < -0.4 is 15.8 Å². The quantitative estimate of drug-likeness (QED) is 0.756. The van der Waals surface area contributed by atoms with Gasteiger partial charge in [0.1, 0.15) is 5.75 Å². The van der Waals surface area contributed by atoms with E-state index < -0.39 is 5.91 Å². The molecule has 0 bridgehead atoms. The Balaban J connectivity index is 1.82. The summed E-state index contributed by atoms with van der Waals surface area (Å²) in [7, 11) is 0. The highest BCUT2D eigenvalue weighted by atomic mass is 16.5. The van der Waals surface area contributed by atoms with Crippen LogP contribution in [0.25, 0.3) is 10.8 Å². The Morgan fingerprint density at radius 2 is 1.78 bits per heavy atom. The number of nitrogens with one attached hydrogen (secondary N) is 1. The van der Waals surface area contributed by atoms with Crippen LogP contribution in [0.5, 0.6) is 5.75 Å². The Bertz CT molecular complexity index is 847. The summed E-state index contributed by atoms with van der Waals surface area (Å²) in [5.74, 6) is 0.764. The summed E-state index contributed by atoms with van der Waals surface area (Å²) in [6.45, 7) is 1.80. The number of primary amides is 1. The van der Waals surface area contributed by atoms with Crippen molar-refractivity contribution in [3.05, 3.63) is 54.2 Å². The van der Waals surface area contributed by atoms with E-state index in [4.69, 9.17) is 10.5 Å². The monoisotopic (exact) mass is 308 g/mol. The van der Waals surface area contributed by atoms with Gasteiger partial charge in [0.25, 0.3) is 5.91 Å². The summed E-state index contributed by atoms with van der Waals surface area (Å²) in [6, 6.07) is 15.2. The van der Waals surface area contributed by atoms with E-state index in [-0.39, 0.29) is 6.61 Å². The number of nitrogens with two attached hydrogens (primary N) is 1. The van der Waals surface area contributed by atoms with Crippen LogP contribution in [-0.4, -0.2) is 22.7 Å². The van der Waals surface area contributed by atoms with Gasteiger partial charge in [0.2, 0.25) is 0 Å². The number of anilines is 2. The molecule has 0 aliphatic carbocycles. The van der Waals surface area contributed by atoms with E-state index in [9.17, 15) is 4.79 Å². The van der Waals surface area contributed by atoms with E-state index in [1.54, 1.807) is 12.1 Å². The van der Waals surface area contributed by atoms with Crippen molar-refractivity contribution in [3.63, 3.8) is 0 Å². The zero-order valence-corrected chi connectivity index (χ0v) is 12.6. The molecule has 0 saturated carbocycles. The number of carbonyl (C=O) groups excluding carboxylic acids is 1. The molecular formula is C17H16N4O2. The number of benzene rings is 2. The van der Waals surface area contributed by atoms with Crippen LogP contribution in [0, 0.1) is 6.92 Å². The fourth-order valence-electron chi connectivity index (χ4n) is 2.26. The van der Waals surface area contributed by atoms with Gasteiger partial charge in [-0.25, -0.2) is 0 Å². The van der Waals surface area contributed by atoms with Gasteiger partial charge in [0, 0.05) is 16.5 Å². The van der Waals surface area contributed by atoms with Crippen LogP contribution in [0.1, 0.15) is 5.69 Å². The molecule has 0 unspecified atom stereocenters. The Morgan fingerprint density at radius 1 is 1.09 bits per heavy atom. The molecule has 23 heavy (non-hydrogen) atoms. The standard InChI is InChI=1S/C17H16N4O2/c1-11-14-4-2-3-5-15(14)17(21-20-11)19-12-6-8-13(9-7-12)23-10-16(18)22/h2-9H,10H2,1H3,(H2,18,22)(H,19,21). The van der Waals surface area contributed by atoms with Gasteiger partial charge in [-0.2, -0.15) is 5.10 Å². The third-order valence-corrected chi connectivity index (χ3v) is 3.37. The van der Waals surface area contributed by atoms with E-state index in [2.05, 4.69) is 15.5 Å². The minimum Gasteiger partial charge on any atom is -0.484 e. The molecule has 3 N–H and O–H groups in total. The zero-order valence-electron chi connectivity index (χ0n) is 12.6. The van der Waals surface area contributed by atoms with E-state index in [1.807, 2.05) is 43.3 Å². The van der Waals surface area contributed by atoms with Gasteiger partial charge < -0.3 is 15.8 Å². The number of aryl methyl sites for hydroxylation is 1. The first-order valence-corrected chi connectivity index (χ1v) is 7.14. The number of nitrogens with zero attached hydrogens (tertiary/aromatic N) is 2. The average molecular weight is 308 g/mol. The number of amides is 1. The van der Waals surface area contributed by atoms with Crippen LogP contribution in [0.2, 0.25) is 0 Å². The summed E-state index contributed by atoms with van der Waals surface area (Å²) in [5, 5.41) is 13.7. The highest BCUT2D eigenvalue weighted by Gasteiger charge is 2.06. The third-order valence-electron chi connectivity index (χ3n) is 3.37. The SMILES string of the molecule is Cc1nnc(Nc2ccc(OCC(N)=O)cc2)c2ccccc12. The van der Waals surface area contributed by atoms with E-state index in [1.165, 1.54) is 0 Å². The van der Waals surface area contributed by atoms with Gasteiger partial charge in [0.15, 0.2) is 12.4 Å². The van der Waals surface area contributed by atoms with Gasteiger partial charge in [-0.3, -0.25) is 4.79 Å². The van der Waals surface area contributed by atoms with Crippen molar-refractivity contribution in [1.82, 2.24) is 10.2 Å². The predicted octanol–water partition coefficient (Wildman–Crippen LogP) is 2.55. The molecule has 0 aliphatic heterocycles. The van der Waals surface area contributed by atoms with Crippen molar-refractivity contribution in [2.45, 2.75) is 6.92 Å². The maximum Gasteiger partial charge on any atom is 0.255 e. The molecule has 0 saturated heterocycles. The zero-order chi connectivity index (χ0) is 16.2. The molecule has 3 aromatic rings. The van der Waals surface area contributed by atoms with Crippen LogP contribution >= 0.6 is 0 Å². The van der Waals surface area contributed by atoms with Gasteiger partial charge in [-0.05, 0) is 31.2 Å². The second-order valence-electron chi connectivity index (χ2n) is 5.08. The summed E-state index contributed by atoms with van der Waals surface area (Å²) in [4.78, 5) is 10.7. The molecule has 0 radical (unpaired) electrons. The van der Waals surface area contributed by atoms with Crippen LogP contribution in [-0.2, 0) is 4.79 Å². The molecule has 1 aromatic heterocycles. The minimum atomic E-state index is -0.506. The van der Waals surface area contributed by atoms with E-state index >= 15 is 0 Å². The number of ether oxygens (including phenoxy) is 1. The molecule has 0 aliphatic rings. The normalized spacial score (nSPS) is 10.5. The Morgan fingerprint density at radius 3 is 2.48 bits per heavy atom. The lowest BCUT2D eigenvalue weighted by atomic mass is 10.1. The molecule has 116 valence electrons. The van der Waals surface area contributed by atoms with Crippen molar-refractivity contribution in [2.75, 3.05) is 11.9 Å². The lowest BCUT2D eigenvalue weighted by Gasteiger charge is -2.10. The molecule has 2 aromatic carbocycles. The molecule has 0 spiro atoms. The van der Waals surface area contributed by atoms with Gasteiger partial charge in [-0.15, -0.1) is 5.10 Å². The summed E-state index contributed by atoms with van der Waals surface area (Å²) in [5.41, 5.74) is 6.78. The summed E-state index contributed by atoms with van der Waals surface area (Å²) in [6.07, 6.45) is 0.